The Morgan fingerprint density at radius 1 is 1.17 bits per heavy atom. The summed E-state index contributed by atoms with van der Waals surface area (Å²) in [4.78, 5) is 0. The minimum atomic E-state index is -2.44. The van der Waals surface area contributed by atoms with Gasteiger partial charge in [-0.15, -0.1) is 11.6 Å². The Bertz CT molecular complexity index is 319. The average Bonchev–Trinajstić information content (AvgIpc) is 2.99. The highest BCUT2D eigenvalue weighted by molar-refractivity contribution is 6.18. The molecule has 2 saturated carbocycles. The van der Waals surface area contributed by atoms with Crippen molar-refractivity contribution in [3.05, 3.63) is 0 Å². The summed E-state index contributed by atoms with van der Waals surface area (Å²) in [5, 5.41) is 0. The summed E-state index contributed by atoms with van der Waals surface area (Å²) in [5.41, 5.74) is -0.0200. The molecule has 3 fully saturated rings. The van der Waals surface area contributed by atoms with Gasteiger partial charge in [0.05, 0.1) is 6.10 Å². The van der Waals surface area contributed by atoms with Crippen molar-refractivity contribution in [3.63, 3.8) is 0 Å². The normalized spacial score (nSPS) is 43.5. The van der Waals surface area contributed by atoms with Crippen LogP contribution in [0.15, 0.2) is 0 Å². The van der Waals surface area contributed by atoms with Crippen LogP contribution in [0, 0.1) is 17.3 Å². The van der Waals surface area contributed by atoms with Gasteiger partial charge in [0, 0.05) is 30.7 Å². The molecule has 18 heavy (non-hydrogen) atoms. The fourth-order valence-electron chi connectivity index (χ4n) is 3.95. The molecule has 0 N–H and O–H groups in total. The molecule has 0 amide bonds. The predicted molar refractivity (Wildman–Crippen MR) is 67.1 cm³/mol. The largest absolute Gasteiger partial charge is 0.377 e. The molecule has 3 unspecified atom stereocenters. The summed E-state index contributed by atoms with van der Waals surface area (Å²) in [6, 6.07) is 0. The summed E-state index contributed by atoms with van der Waals surface area (Å²) in [6.07, 6.45) is 5.27. The highest BCUT2D eigenvalue weighted by atomic mass is 35.5. The Balaban J connectivity index is 1.68. The van der Waals surface area contributed by atoms with Crippen molar-refractivity contribution in [2.45, 2.75) is 57.0 Å². The Morgan fingerprint density at radius 3 is 2.50 bits per heavy atom. The molecule has 0 aromatic carbocycles. The van der Waals surface area contributed by atoms with E-state index in [4.69, 9.17) is 16.3 Å². The Labute approximate surface area is 112 Å². The summed E-state index contributed by atoms with van der Waals surface area (Å²) in [6.45, 7) is 0.761. The highest BCUT2D eigenvalue weighted by Crippen LogP contribution is 2.54. The third kappa shape index (κ3) is 2.40. The van der Waals surface area contributed by atoms with E-state index in [1.807, 2.05) is 0 Å². The van der Waals surface area contributed by atoms with Crippen molar-refractivity contribution in [1.82, 2.24) is 0 Å². The lowest BCUT2D eigenvalue weighted by atomic mass is 9.73. The van der Waals surface area contributed by atoms with E-state index in [0.717, 1.165) is 19.4 Å². The summed E-state index contributed by atoms with van der Waals surface area (Å²) < 4.78 is 32.5. The second-order valence-electron chi connectivity index (χ2n) is 6.54. The first-order valence-electron chi connectivity index (χ1n) is 7.10. The molecule has 3 rings (SSSR count). The second kappa shape index (κ2) is 4.59. The molecule has 0 bridgehead atoms. The first kappa shape index (κ1) is 13.1. The Hall–Kier alpha value is 0.110. The van der Waals surface area contributed by atoms with Crippen LogP contribution < -0.4 is 0 Å². The molecule has 1 nitrogen and oxygen atoms in total. The number of ether oxygens (including phenoxy) is 1. The van der Waals surface area contributed by atoms with Gasteiger partial charge in [0.25, 0.3) is 0 Å². The minimum absolute atomic E-state index is 0.0200. The lowest BCUT2D eigenvalue weighted by Gasteiger charge is -2.34. The van der Waals surface area contributed by atoms with Crippen molar-refractivity contribution >= 4 is 11.6 Å². The predicted octanol–water partition coefficient (Wildman–Crippen LogP) is 4.24. The van der Waals surface area contributed by atoms with Crippen LogP contribution in [-0.4, -0.2) is 24.5 Å². The van der Waals surface area contributed by atoms with E-state index >= 15 is 0 Å². The lowest BCUT2D eigenvalue weighted by Crippen LogP contribution is -2.36. The fraction of sp³-hybridized carbons (Fsp3) is 1.00. The van der Waals surface area contributed by atoms with Crippen LogP contribution >= 0.6 is 11.6 Å². The van der Waals surface area contributed by atoms with Gasteiger partial charge in [-0.25, -0.2) is 8.78 Å². The second-order valence-corrected chi connectivity index (χ2v) is 6.81. The van der Waals surface area contributed by atoms with Gasteiger partial charge >= 0.3 is 0 Å². The standard InChI is InChI=1S/C14H21ClF2O/c15-9-13(5-6-18-12(13)11-1-2-11)7-10-3-4-14(16,17)8-10/h10-12H,1-9H2. The Morgan fingerprint density at radius 2 is 1.94 bits per heavy atom. The molecule has 3 atom stereocenters. The fourth-order valence-corrected chi connectivity index (χ4v) is 4.34. The molecule has 1 heterocycles. The zero-order chi connectivity index (χ0) is 12.8. The van der Waals surface area contributed by atoms with Crippen LogP contribution in [0.4, 0.5) is 8.78 Å². The minimum Gasteiger partial charge on any atom is -0.377 e. The molecule has 1 aliphatic heterocycles. The van der Waals surface area contributed by atoms with Crippen molar-refractivity contribution in [2.24, 2.45) is 17.3 Å². The maximum absolute atomic E-state index is 13.3. The van der Waals surface area contributed by atoms with Gasteiger partial charge in [0.2, 0.25) is 5.92 Å². The van der Waals surface area contributed by atoms with E-state index in [1.165, 1.54) is 12.8 Å². The first-order chi connectivity index (χ1) is 8.55. The van der Waals surface area contributed by atoms with E-state index in [9.17, 15) is 8.78 Å². The molecule has 0 aromatic rings. The van der Waals surface area contributed by atoms with Crippen LogP contribution in [-0.2, 0) is 4.74 Å². The molecule has 1 saturated heterocycles. The SMILES string of the molecule is FC1(F)CCC(CC2(CCl)CCOC2C2CC2)C1. The van der Waals surface area contributed by atoms with E-state index in [2.05, 4.69) is 0 Å². The topological polar surface area (TPSA) is 9.23 Å². The molecule has 0 radical (unpaired) electrons. The van der Waals surface area contributed by atoms with Gasteiger partial charge in [0.1, 0.15) is 0 Å². The van der Waals surface area contributed by atoms with Gasteiger partial charge < -0.3 is 4.74 Å². The van der Waals surface area contributed by atoms with E-state index in [0.29, 0.717) is 18.2 Å². The highest BCUT2D eigenvalue weighted by Gasteiger charge is 2.52. The van der Waals surface area contributed by atoms with Gasteiger partial charge in [-0.05, 0) is 43.9 Å². The zero-order valence-electron chi connectivity index (χ0n) is 10.6. The van der Waals surface area contributed by atoms with Crippen molar-refractivity contribution in [3.8, 4) is 0 Å². The first-order valence-corrected chi connectivity index (χ1v) is 7.64. The monoisotopic (exact) mass is 278 g/mol. The third-order valence-corrected chi connectivity index (χ3v) is 5.55. The van der Waals surface area contributed by atoms with Gasteiger partial charge in [-0.2, -0.15) is 0 Å². The van der Waals surface area contributed by atoms with Crippen molar-refractivity contribution in [2.75, 3.05) is 12.5 Å². The molecule has 4 heteroatoms. The van der Waals surface area contributed by atoms with Crippen LogP contribution in [0.2, 0.25) is 0 Å². The van der Waals surface area contributed by atoms with Crippen molar-refractivity contribution in [1.29, 1.82) is 0 Å². The van der Waals surface area contributed by atoms with Crippen molar-refractivity contribution < 1.29 is 13.5 Å². The molecule has 104 valence electrons. The molecule has 0 aromatic heterocycles. The van der Waals surface area contributed by atoms with Gasteiger partial charge in [0.15, 0.2) is 0 Å². The summed E-state index contributed by atoms with van der Waals surface area (Å²) in [7, 11) is 0. The van der Waals surface area contributed by atoms with E-state index in [-0.39, 0.29) is 30.3 Å². The smallest absolute Gasteiger partial charge is 0.248 e. The molecule has 0 spiro atoms. The maximum Gasteiger partial charge on any atom is 0.248 e. The lowest BCUT2D eigenvalue weighted by molar-refractivity contribution is -0.00244. The molecule has 2 aliphatic carbocycles. The summed E-state index contributed by atoms with van der Waals surface area (Å²) in [5.74, 6) is -1.09. The van der Waals surface area contributed by atoms with Gasteiger partial charge in [-0.3, -0.25) is 0 Å². The van der Waals surface area contributed by atoms with Crippen LogP contribution in [0.3, 0.4) is 0 Å². The molecule has 3 aliphatic rings. The van der Waals surface area contributed by atoms with E-state index < -0.39 is 5.92 Å². The number of halogens is 3. The third-order valence-electron chi connectivity index (χ3n) is 5.02. The van der Waals surface area contributed by atoms with Crippen LogP contribution in [0.5, 0.6) is 0 Å². The van der Waals surface area contributed by atoms with E-state index in [1.54, 1.807) is 0 Å². The van der Waals surface area contributed by atoms with Crippen LogP contribution in [0.1, 0.15) is 44.9 Å². The molecular weight excluding hydrogens is 258 g/mol. The zero-order valence-corrected chi connectivity index (χ0v) is 11.4. The number of rotatable bonds is 4. The van der Waals surface area contributed by atoms with Crippen LogP contribution in [0.25, 0.3) is 0 Å². The van der Waals surface area contributed by atoms with Gasteiger partial charge in [-0.1, -0.05) is 0 Å². The summed E-state index contributed by atoms with van der Waals surface area (Å²) >= 11 is 6.21. The number of hydrogen-bond donors (Lipinski definition) is 0. The molecular formula is C14H21ClF2O. The quantitative estimate of drug-likeness (QED) is 0.699. The maximum atomic E-state index is 13.3. The number of alkyl halides is 3. The number of hydrogen-bond acceptors (Lipinski definition) is 1. The Kier molecular flexibility index (Phi) is 3.34. The average molecular weight is 279 g/mol.